The van der Waals surface area contributed by atoms with Crippen LogP contribution in [0.4, 0.5) is 0 Å². The number of nitrogens with one attached hydrogen (secondary N) is 2. The summed E-state index contributed by atoms with van der Waals surface area (Å²) in [6.07, 6.45) is 9.03. The molecule has 2 rings (SSSR count). The molecule has 1 saturated heterocycles. The fourth-order valence-electron chi connectivity index (χ4n) is 2.43. The number of hydrogen-bond acceptors (Lipinski definition) is 3. The molecule has 1 aliphatic heterocycles. The quantitative estimate of drug-likeness (QED) is 0.817. The normalized spacial score (nSPS) is 22.3. The van der Waals surface area contributed by atoms with Crippen LogP contribution in [-0.2, 0) is 6.54 Å². The Balaban J connectivity index is 1.68. The molecular formula is C14H23N3. The second-order valence-electron chi connectivity index (χ2n) is 5.03. The average Bonchev–Trinajstić information content (AvgIpc) is 2.39. The zero-order valence-corrected chi connectivity index (χ0v) is 10.7. The zero-order valence-electron chi connectivity index (χ0n) is 10.7. The molecule has 94 valence electrons. The predicted molar refractivity (Wildman–Crippen MR) is 70.8 cm³/mol. The first-order valence-corrected chi connectivity index (χ1v) is 6.70. The predicted octanol–water partition coefficient (Wildman–Crippen LogP) is 2.09. The first-order chi connectivity index (χ1) is 8.34. The highest BCUT2D eigenvalue weighted by molar-refractivity contribution is 5.07. The van der Waals surface area contributed by atoms with Gasteiger partial charge in [0.25, 0.3) is 0 Å². The van der Waals surface area contributed by atoms with Crippen molar-refractivity contribution in [3.05, 3.63) is 30.1 Å². The molecule has 2 heterocycles. The number of nitrogens with zero attached hydrogens (tertiary/aromatic N) is 1. The summed E-state index contributed by atoms with van der Waals surface area (Å²) in [6.45, 7) is 4.38. The van der Waals surface area contributed by atoms with Crippen LogP contribution < -0.4 is 10.6 Å². The smallest absolute Gasteiger partial charge is 0.0312 e. The highest BCUT2D eigenvalue weighted by Crippen LogP contribution is 2.12. The molecular weight excluding hydrogens is 210 g/mol. The molecule has 0 spiro atoms. The van der Waals surface area contributed by atoms with E-state index in [0.717, 1.165) is 6.54 Å². The standard InChI is InChI=1S/C14H23N3/c1-12(9-14-6-2-3-8-16-14)17-11-13-5-4-7-15-10-13/h4-5,7,10,12,14,16-17H,2-3,6,8-9,11H2,1H3. The van der Waals surface area contributed by atoms with Crippen molar-refractivity contribution in [3.63, 3.8) is 0 Å². The number of aromatic nitrogens is 1. The lowest BCUT2D eigenvalue weighted by Gasteiger charge is -2.26. The lowest BCUT2D eigenvalue weighted by Crippen LogP contribution is -2.39. The Morgan fingerprint density at radius 1 is 1.53 bits per heavy atom. The van der Waals surface area contributed by atoms with Gasteiger partial charge in [0, 0.05) is 31.0 Å². The van der Waals surface area contributed by atoms with Gasteiger partial charge in [-0.25, -0.2) is 0 Å². The summed E-state index contributed by atoms with van der Waals surface area (Å²) in [4.78, 5) is 4.13. The Bertz CT molecular complexity index is 307. The average molecular weight is 233 g/mol. The van der Waals surface area contributed by atoms with Crippen molar-refractivity contribution < 1.29 is 0 Å². The molecule has 0 aromatic carbocycles. The van der Waals surface area contributed by atoms with Gasteiger partial charge < -0.3 is 10.6 Å². The summed E-state index contributed by atoms with van der Waals surface area (Å²) in [5.74, 6) is 0. The fourth-order valence-corrected chi connectivity index (χ4v) is 2.43. The van der Waals surface area contributed by atoms with Crippen LogP contribution in [0.15, 0.2) is 24.5 Å². The van der Waals surface area contributed by atoms with E-state index in [0.29, 0.717) is 12.1 Å². The van der Waals surface area contributed by atoms with Crippen molar-refractivity contribution in [3.8, 4) is 0 Å². The van der Waals surface area contributed by atoms with Gasteiger partial charge >= 0.3 is 0 Å². The van der Waals surface area contributed by atoms with Crippen LogP contribution in [0.2, 0.25) is 0 Å². The van der Waals surface area contributed by atoms with Crippen LogP contribution in [0, 0.1) is 0 Å². The monoisotopic (exact) mass is 233 g/mol. The highest BCUT2D eigenvalue weighted by atomic mass is 15.0. The first kappa shape index (κ1) is 12.5. The molecule has 0 radical (unpaired) electrons. The topological polar surface area (TPSA) is 37.0 Å². The second-order valence-corrected chi connectivity index (χ2v) is 5.03. The van der Waals surface area contributed by atoms with Crippen molar-refractivity contribution in [1.82, 2.24) is 15.6 Å². The molecule has 2 atom stereocenters. The Hall–Kier alpha value is -0.930. The highest BCUT2D eigenvalue weighted by Gasteiger charge is 2.15. The SMILES string of the molecule is CC(CC1CCCCN1)NCc1cccnc1. The van der Waals surface area contributed by atoms with Crippen LogP contribution in [0.5, 0.6) is 0 Å². The molecule has 1 aromatic rings. The van der Waals surface area contributed by atoms with Crippen molar-refractivity contribution in [2.24, 2.45) is 0 Å². The molecule has 1 fully saturated rings. The van der Waals surface area contributed by atoms with Crippen LogP contribution in [0.25, 0.3) is 0 Å². The zero-order chi connectivity index (χ0) is 11.9. The second kappa shape index (κ2) is 6.72. The molecule has 1 aliphatic rings. The maximum Gasteiger partial charge on any atom is 0.0312 e. The van der Waals surface area contributed by atoms with Gasteiger partial charge in [0.05, 0.1) is 0 Å². The van der Waals surface area contributed by atoms with Gasteiger partial charge in [0.2, 0.25) is 0 Å². The van der Waals surface area contributed by atoms with Gasteiger partial charge in [-0.2, -0.15) is 0 Å². The molecule has 0 aliphatic carbocycles. The largest absolute Gasteiger partial charge is 0.314 e. The van der Waals surface area contributed by atoms with Crippen molar-refractivity contribution >= 4 is 0 Å². The molecule has 3 heteroatoms. The van der Waals surface area contributed by atoms with Crippen molar-refractivity contribution in [1.29, 1.82) is 0 Å². The van der Waals surface area contributed by atoms with E-state index in [4.69, 9.17) is 0 Å². The minimum atomic E-state index is 0.561. The van der Waals surface area contributed by atoms with Gasteiger partial charge in [0.1, 0.15) is 0 Å². The van der Waals surface area contributed by atoms with E-state index in [-0.39, 0.29) is 0 Å². The van der Waals surface area contributed by atoms with Crippen LogP contribution in [0.1, 0.15) is 38.2 Å². The molecule has 0 saturated carbocycles. The molecule has 17 heavy (non-hydrogen) atoms. The van der Waals surface area contributed by atoms with E-state index in [1.165, 1.54) is 37.8 Å². The van der Waals surface area contributed by atoms with Crippen LogP contribution >= 0.6 is 0 Å². The molecule has 3 nitrogen and oxygen atoms in total. The van der Waals surface area contributed by atoms with Crippen LogP contribution in [-0.4, -0.2) is 23.6 Å². The Morgan fingerprint density at radius 2 is 2.47 bits per heavy atom. The minimum Gasteiger partial charge on any atom is -0.314 e. The van der Waals surface area contributed by atoms with Gasteiger partial charge in [-0.05, 0) is 44.4 Å². The van der Waals surface area contributed by atoms with Crippen molar-refractivity contribution in [2.45, 2.75) is 51.2 Å². The summed E-state index contributed by atoms with van der Waals surface area (Å²) < 4.78 is 0. The summed E-state index contributed by atoms with van der Waals surface area (Å²) in [5.41, 5.74) is 1.26. The van der Waals surface area contributed by atoms with Gasteiger partial charge in [0.15, 0.2) is 0 Å². The maximum atomic E-state index is 4.13. The van der Waals surface area contributed by atoms with Gasteiger partial charge in [-0.1, -0.05) is 12.5 Å². The Labute approximate surface area is 104 Å². The summed E-state index contributed by atoms with van der Waals surface area (Å²) in [6, 6.07) is 5.38. The maximum absolute atomic E-state index is 4.13. The lowest BCUT2D eigenvalue weighted by atomic mass is 9.99. The summed E-state index contributed by atoms with van der Waals surface area (Å²) in [7, 11) is 0. The molecule has 1 aromatic heterocycles. The summed E-state index contributed by atoms with van der Waals surface area (Å²) in [5, 5.41) is 7.16. The van der Waals surface area contributed by atoms with Crippen LogP contribution in [0.3, 0.4) is 0 Å². The van der Waals surface area contributed by atoms with E-state index in [1.807, 2.05) is 18.5 Å². The van der Waals surface area contributed by atoms with E-state index in [2.05, 4.69) is 28.6 Å². The molecule has 2 N–H and O–H groups in total. The third-order valence-electron chi connectivity index (χ3n) is 3.43. The number of hydrogen-bond donors (Lipinski definition) is 2. The van der Waals surface area contributed by atoms with Crippen molar-refractivity contribution in [2.75, 3.05) is 6.54 Å². The first-order valence-electron chi connectivity index (χ1n) is 6.70. The van der Waals surface area contributed by atoms with E-state index in [1.54, 1.807) is 0 Å². The van der Waals surface area contributed by atoms with E-state index >= 15 is 0 Å². The van der Waals surface area contributed by atoms with Gasteiger partial charge in [-0.3, -0.25) is 4.98 Å². The van der Waals surface area contributed by atoms with Gasteiger partial charge in [-0.15, -0.1) is 0 Å². The third kappa shape index (κ3) is 4.44. The molecule has 0 amide bonds. The third-order valence-corrected chi connectivity index (χ3v) is 3.43. The fraction of sp³-hybridized carbons (Fsp3) is 0.643. The van der Waals surface area contributed by atoms with E-state index < -0.39 is 0 Å². The molecule has 0 bridgehead atoms. The Kier molecular flexibility index (Phi) is 4.95. The Morgan fingerprint density at radius 3 is 3.18 bits per heavy atom. The number of piperidine rings is 1. The minimum absolute atomic E-state index is 0.561. The number of pyridine rings is 1. The summed E-state index contributed by atoms with van der Waals surface area (Å²) >= 11 is 0. The number of rotatable bonds is 5. The lowest BCUT2D eigenvalue weighted by molar-refractivity contribution is 0.344. The van der Waals surface area contributed by atoms with E-state index in [9.17, 15) is 0 Å². The molecule has 2 unspecified atom stereocenters.